The Morgan fingerprint density at radius 3 is 2.93 bits per heavy atom. The minimum atomic E-state index is -0.790. The molecule has 0 radical (unpaired) electrons. The third-order valence-electron chi connectivity index (χ3n) is 2.41. The summed E-state index contributed by atoms with van der Waals surface area (Å²) < 4.78 is 0. The Balaban J connectivity index is 2.64. The zero-order valence-electron chi connectivity index (χ0n) is 7.87. The maximum atomic E-state index is 10.7. The fourth-order valence-electron chi connectivity index (χ4n) is 1.69. The molecule has 0 atom stereocenters. The molecule has 0 fully saturated rings. The van der Waals surface area contributed by atoms with Crippen molar-refractivity contribution in [1.29, 1.82) is 0 Å². The second-order valence-corrected chi connectivity index (χ2v) is 3.37. The Kier molecular flexibility index (Phi) is 2.00. The normalized spacial score (nSPS) is 10.6. The number of carboxylic acid groups (broad SMARTS) is 1. The molecule has 0 amide bonds. The molecule has 0 aliphatic heterocycles. The van der Waals surface area contributed by atoms with Crippen LogP contribution >= 0.6 is 0 Å². The Labute approximate surface area is 81.4 Å². The van der Waals surface area contributed by atoms with Crippen LogP contribution in [-0.4, -0.2) is 16.1 Å². The lowest BCUT2D eigenvalue weighted by Crippen LogP contribution is -2.02. The van der Waals surface area contributed by atoms with Gasteiger partial charge in [-0.2, -0.15) is 0 Å². The Morgan fingerprint density at radius 2 is 2.21 bits per heavy atom. The zero-order valence-corrected chi connectivity index (χ0v) is 7.87. The number of hydrogen-bond donors (Lipinski definition) is 2. The molecule has 72 valence electrons. The summed E-state index contributed by atoms with van der Waals surface area (Å²) in [7, 11) is 0. The number of hydrogen-bond acceptors (Lipinski definition) is 1. The minimum Gasteiger partial charge on any atom is -0.481 e. The number of carbonyl (C=O) groups is 1. The first-order chi connectivity index (χ1) is 6.68. The van der Waals surface area contributed by atoms with Crippen LogP contribution in [0.1, 0.15) is 11.1 Å². The smallest absolute Gasteiger partial charge is 0.307 e. The van der Waals surface area contributed by atoms with E-state index in [4.69, 9.17) is 5.11 Å². The standard InChI is InChI=1S/C11H11NO2/c1-7-2-3-10-8(4-5-12-10)9(7)6-11(13)14/h2-5,12H,6H2,1H3,(H,13,14). The number of aromatic nitrogens is 1. The van der Waals surface area contributed by atoms with Gasteiger partial charge in [-0.05, 0) is 30.2 Å². The molecular formula is C11H11NO2. The Bertz CT molecular complexity index is 485. The topological polar surface area (TPSA) is 53.1 Å². The SMILES string of the molecule is Cc1ccc2[nH]ccc2c1CC(=O)O. The van der Waals surface area contributed by atoms with Crippen molar-refractivity contribution < 1.29 is 9.90 Å². The van der Waals surface area contributed by atoms with Crippen molar-refractivity contribution in [3.8, 4) is 0 Å². The van der Waals surface area contributed by atoms with E-state index in [9.17, 15) is 4.79 Å². The van der Waals surface area contributed by atoms with Crippen LogP contribution in [0, 0.1) is 6.92 Å². The van der Waals surface area contributed by atoms with Gasteiger partial charge in [0.1, 0.15) is 0 Å². The highest BCUT2D eigenvalue weighted by Gasteiger charge is 2.08. The molecule has 0 saturated carbocycles. The lowest BCUT2D eigenvalue weighted by Gasteiger charge is -2.04. The van der Waals surface area contributed by atoms with Crippen molar-refractivity contribution in [3.05, 3.63) is 35.5 Å². The van der Waals surface area contributed by atoms with Crippen LogP contribution in [0.4, 0.5) is 0 Å². The summed E-state index contributed by atoms with van der Waals surface area (Å²) in [6.45, 7) is 1.94. The largest absolute Gasteiger partial charge is 0.481 e. The highest BCUT2D eigenvalue weighted by Crippen LogP contribution is 2.21. The number of rotatable bonds is 2. The van der Waals surface area contributed by atoms with E-state index in [-0.39, 0.29) is 6.42 Å². The van der Waals surface area contributed by atoms with Crippen LogP contribution in [0.2, 0.25) is 0 Å². The van der Waals surface area contributed by atoms with Gasteiger partial charge in [0.15, 0.2) is 0 Å². The molecule has 2 N–H and O–H groups in total. The molecule has 0 saturated heterocycles. The lowest BCUT2D eigenvalue weighted by molar-refractivity contribution is -0.136. The van der Waals surface area contributed by atoms with Gasteiger partial charge >= 0.3 is 5.97 Å². The van der Waals surface area contributed by atoms with E-state index in [1.807, 2.05) is 31.3 Å². The molecule has 0 bridgehead atoms. The number of aryl methyl sites for hydroxylation is 1. The molecule has 0 aliphatic carbocycles. The first kappa shape index (κ1) is 8.81. The average molecular weight is 189 g/mol. The first-order valence-electron chi connectivity index (χ1n) is 4.46. The molecule has 3 heteroatoms. The zero-order chi connectivity index (χ0) is 10.1. The molecule has 14 heavy (non-hydrogen) atoms. The molecule has 2 rings (SSSR count). The summed E-state index contributed by atoms with van der Waals surface area (Å²) in [6.07, 6.45) is 1.91. The predicted molar refractivity (Wildman–Crippen MR) is 54.4 cm³/mol. The molecule has 1 aromatic carbocycles. The second kappa shape index (κ2) is 3.18. The highest BCUT2D eigenvalue weighted by atomic mass is 16.4. The fraction of sp³-hybridized carbons (Fsp3) is 0.182. The minimum absolute atomic E-state index is 0.0844. The molecule has 0 aliphatic rings. The van der Waals surface area contributed by atoms with Crippen LogP contribution in [0.5, 0.6) is 0 Å². The summed E-state index contributed by atoms with van der Waals surface area (Å²) in [6, 6.07) is 5.83. The van der Waals surface area contributed by atoms with Crippen LogP contribution in [0.15, 0.2) is 24.4 Å². The van der Waals surface area contributed by atoms with Crippen molar-refractivity contribution >= 4 is 16.9 Å². The number of aromatic amines is 1. The highest BCUT2D eigenvalue weighted by molar-refractivity contribution is 5.87. The number of fused-ring (bicyclic) bond motifs is 1. The van der Waals surface area contributed by atoms with E-state index in [1.165, 1.54) is 0 Å². The van der Waals surface area contributed by atoms with Gasteiger partial charge in [-0.3, -0.25) is 4.79 Å². The van der Waals surface area contributed by atoms with Gasteiger partial charge in [0.05, 0.1) is 6.42 Å². The van der Waals surface area contributed by atoms with E-state index in [1.54, 1.807) is 0 Å². The first-order valence-corrected chi connectivity index (χ1v) is 4.46. The maximum absolute atomic E-state index is 10.7. The molecule has 1 aromatic heterocycles. The van der Waals surface area contributed by atoms with Gasteiger partial charge < -0.3 is 10.1 Å². The summed E-state index contributed by atoms with van der Waals surface area (Å²) in [4.78, 5) is 13.7. The number of nitrogens with one attached hydrogen (secondary N) is 1. The van der Waals surface area contributed by atoms with Gasteiger partial charge in [-0.1, -0.05) is 6.07 Å². The summed E-state index contributed by atoms with van der Waals surface area (Å²) in [5, 5.41) is 9.78. The third kappa shape index (κ3) is 1.37. The van der Waals surface area contributed by atoms with Crippen LogP contribution in [-0.2, 0) is 11.2 Å². The number of benzene rings is 1. The summed E-state index contributed by atoms with van der Waals surface area (Å²) >= 11 is 0. The lowest BCUT2D eigenvalue weighted by atomic mass is 10.0. The summed E-state index contributed by atoms with van der Waals surface area (Å²) in [5.74, 6) is -0.790. The molecule has 3 nitrogen and oxygen atoms in total. The molecule has 1 heterocycles. The molecule has 0 spiro atoms. The van der Waals surface area contributed by atoms with Gasteiger partial charge in [0, 0.05) is 17.1 Å². The van der Waals surface area contributed by atoms with Crippen molar-refractivity contribution in [2.24, 2.45) is 0 Å². The number of H-pyrrole nitrogens is 1. The predicted octanol–water partition coefficient (Wildman–Crippen LogP) is 2.10. The van der Waals surface area contributed by atoms with Gasteiger partial charge in [0.2, 0.25) is 0 Å². The number of carboxylic acids is 1. The average Bonchev–Trinajstić information content (AvgIpc) is 2.57. The van der Waals surface area contributed by atoms with Crippen LogP contribution < -0.4 is 0 Å². The van der Waals surface area contributed by atoms with Crippen molar-refractivity contribution in [1.82, 2.24) is 4.98 Å². The van der Waals surface area contributed by atoms with E-state index in [0.717, 1.165) is 22.0 Å². The Morgan fingerprint density at radius 1 is 1.43 bits per heavy atom. The molecule has 2 aromatic rings. The Hall–Kier alpha value is -1.77. The quantitative estimate of drug-likeness (QED) is 0.760. The second-order valence-electron chi connectivity index (χ2n) is 3.37. The molecular weight excluding hydrogens is 178 g/mol. The third-order valence-corrected chi connectivity index (χ3v) is 2.41. The van der Waals surface area contributed by atoms with E-state index >= 15 is 0 Å². The monoisotopic (exact) mass is 189 g/mol. The van der Waals surface area contributed by atoms with Crippen molar-refractivity contribution in [2.45, 2.75) is 13.3 Å². The number of aliphatic carboxylic acids is 1. The molecule has 0 unspecified atom stereocenters. The van der Waals surface area contributed by atoms with Crippen LogP contribution in [0.3, 0.4) is 0 Å². The van der Waals surface area contributed by atoms with E-state index in [2.05, 4.69) is 4.98 Å². The van der Waals surface area contributed by atoms with E-state index < -0.39 is 5.97 Å². The summed E-state index contributed by atoms with van der Waals surface area (Å²) in [5.41, 5.74) is 2.92. The van der Waals surface area contributed by atoms with Gasteiger partial charge in [-0.15, -0.1) is 0 Å². The van der Waals surface area contributed by atoms with Gasteiger partial charge in [0.25, 0.3) is 0 Å². The van der Waals surface area contributed by atoms with Crippen molar-refractivity contribution in [2.75, 3.05) is 0 Å². The van der Waals surface area contributed by atoms with Crippen LogP contribution in [0.25, 0.3) is 10.9 Å². The van der Waals surface area contributed by atoms with Gasteiger partial charge in [-0.25, -0.2) is 0 Å². The fourth-order valence-corrected chi connectivity index (χ4v) is 1.69. The van der Waals surface area contributed by atoms with E-state index in [0.29, 0.717) is 0 Å². The van der Waals surface area contributed by atoms with Crippen molar-refractivity contribution in [3.63, 3.8) is 0 Å². The maximum Gasteiger partial charge on any atom is 0.307 e.